The van der Waals surface area contributed by atoms with E-state index in [1.54, 1.807) is 0 Å². The summed E-state index contributed by atoms with van der Waals surface area (Å²) in [6, 6.07) is 7.74. The lowest BCUT2D eigenvalue weighted by atomic mass is 9.84. The van der Waals surface area contributed by atoms with Crippen molar-refractivity contribution in [1.29, 1.82) is 0 Å². The number of benzene rings is 1. The number of likely N-dealkylation sites (tertiary alicyclic amines) is 1. The Balaban J connectivity index is 1.97. The van der Waals surface area contributed by atoms with Crippen molar-refractivity contribution in [3.05, 3.63) is 34.9 Å². The van der Waals surface area contributed by atoms with Crippen molar-refractivity contribution in [3.8, 4) is 0 Å². The zero-order valence-electron chi connectivity index (χ0n) is 13.1. The van der Waals surface area contributed by atoms with Gasteiger partial charge in [0.2, 0.25) is 0 Å². The first-order chi connectivity index (χ1) is 10.1. The SMILES string of the molecule is CC(C)[C@@H](C(=O)CCN1CCCCC1)c1ccc(Cl)cc1. The lowest BCUT2D eigenvalue weighted by Crippen LogP contribution is -2.32. The van der Waals surface area contributed by atoms with Gasteiger partial charge in [-0.15, -0.1) is 0 Å². The number of piperidine rings is 1. The maximum Gasteiger partial charge on any atom is 0.141 e. The Hall–Kier alpha value is -0.860. The molecular weight excluding hydrogens is 282 g/mol. The van der Waals surface area contributed by atoms with E-state index in [4.69, 9.17) is 11.6 Å². The first-order valence-electron chi connectivity index (χ1n) is 8.08. The van der Waals surface area contributed by atoms with Crippen molar-refractivity contribution < 1.29 is 4.79 Å². The highest BCUT2D eigenvalue weighted by atomic mass is 35.5. The van der Waals surface area contributed by atoms with Crippen LogP contribution in [0.3, 0.4) is 0 Å². The molecule has 1 atom stereocenters. The average Bonchev–Trinajstić information content (AvgIpc) is 2.48. The van der Waals surface area contributed by atoms with Crippen molar-refractivity contribution >= 4 is 17.4 Å². The van der Waals surface area contributed by atoms with Crippen LogP contribution in [0.2, 0.25) is 5.02 Å². The summed E-state index contributed by atoms with van der Waals surface area (Å²) in [6.07, 6.45) is 4.55. The van der Waals surface area contributed by atoms with Crippen LogP contribution >= 0.6 is 11.6 Å². The molecule has 0 N–H and O–H groups in total. The van der Waals surface area contributed by atoms with Gasteiger partial charge in [0, 0.05) is 23.9 Å². The number of hydrogen-bond acceptors (Lipinski definition) is 2. The maximum atomic E-state index is 12.7. The average molecular weight is 308 g/mol. The highest BCUT2D eigenvalue weighted by Gasteiger charge is 2.24. The maximum absolute atomic E-state index is 12.7. The van der Waals surface area contributed by atoms with E-state index in [2.05, 4.69) is 18.7 Å². The fraction of sp³-hybridized carbons (Fsp3) is 0.611. The molecule has 2 rings (SSSR count). The van der Waals surface area contributed by atoms with Crippen LogP contribution in [0.4, 0.5) is 0 Å². The third-order valence-corrected chi connectivity index (χ3v) is 4.62. The standard InChI is InChI=1S/C18H26ClNO/c1-14(2)18(15-6-8-16(19)9-7-15)17(21)10-13-20-11-4-3-5-12-20/h6-9,14,18H,3-5,10-13H2,1-2H3/t18-/m1/s1. The molecule has 0 spiro atoms. The van der Waals surface area contributed by atoms with Crippen LogP contribution in [0.15, 0.2) is 24.3 Å². The fourth-order valence-electron chi connectivity index (χ4n) is 3.22. The van der Waals surface area contributed by atoms with E-state index < -0.39 is 0 Å². The normalized spacial score (nSPS) is 17.9. The van der Waals surface area contributed by atoms with Crippen LogP contribution in [-0.4, -0.2) is 30.3 Å². The Labute approximate surface area is 133 Å². The van der Waals surface area contributed by atoms with Crippen LogP contribution in [0.25, 0.3) is 0 Å². The largest absolute Gasteiger partial charge is 0.303 e. The second kappa shape index (κ2) is 7.95. The van der Waals surface area contributed by atoms with Gasteiger partial charge in [0.15, 0.2) is 0 Å². The fourth-order valence-corrected chi connectivity index (χ4v) is 3.35. The molecule has 0 radical (unpaired) electrons. The van der Waals surface area contributed by atoms with Gasteiger partial charge < -0.3 is 4.90 Å². The van der Waals surface area contributed by atoms with Crippen molar-refractivity contribution in [1.82, 2.24) is 4.90 Å². The van der Waals surface area contributed by atoms with Gasteiger partial charge in [-0.05, 0) is 49.5 Å². The molecule has 1 fully saturated rings. The van der Waals surface area contributed by atoms with Gasteiger partial charge in [-0.2, -0.15) is 0 Å². The number of carbonyl (C=O) groups is 1. The van der Waals surface area contributed by atoms with E-state index in [0.29, 0.717) is 18.1 Å². The molecule has 1 saturated heterocycles. The molecule has 21 heavy (non-hydrogen) atoms. The van der Waals surface area contributed by atoms with E-state index in [0.717, 1.165) is 30.2 Å². The van der Waals surface area contributed by atoms with E-state index in [-0.39, 0.29) is 5.92 Å². The van der Waals surface area contributed by atoms with Gasteiger partial charge >= 0.3 is 0 Å². The topological polar surface area (TPSA) is 20.3 Å². The number of rotatable bonds is 6. The molecule has 0 saturated carbocycles. The molecule has 3 heteroatoms. The number of carbonyl (C=O) groups excluding carboxylic acids is 1. The summed E-state index contributed by atoms with van der Waals surface area (Å²) in [7, 11) is 0. The van der Waals surface area contributed by atoms with Gasteiger partial charge in [0.1, 0.15) is 5.78 Å². The molecule has 1 aromatic rings. The minimum atomic E-state index is -0.00735. The summed E-state index contributed by atoms with van der Waals surface area (Å²) in [6.45, 7) is 7.47. The van der Waals surface area contributed by atoms with Crippen LogP contribution in [-0.2, 0) is 4.79 Å². The van der Waals surface area contributed by atoms with Crippen molar-refractivity contribution in [2.75, 3.05) is 19.6 Å². The van der Waals surface area contributed by atoms with Crippen LogP contribution in [0, 0.1) is 5.92 Å². The van der Waals surface area contributed by atoms with Crippen LogP contribution in [0.1, 0.15) is 51.0 Å². The number of Topliss-reactive ketones (excluding diaryl/α,β-unsaturated/α-hetero) is 1. The summed E-state index contributed by atoms with van der Waals surface area (Å²) in [5, 5.41) is 0.724. The Morgan fingerprint density at radius 2 is 1.76 bits per heavy atom. The predicted molar refractivity (Wildman–Crippen MR) is 88.9 cm³/mol. The van der Waals surface area contributed by atoms with E-state index in [1.807, 2.05) is 24.3 Å². The first-order valence-corrected chi connectivity index (χ1v) is 8.46. The quantitative estimate of drug-likeness (QED) is 0.770. The van der Waals surface area contributed by atoms with Gasteiger partial charge in [0.25, 0.3) is 0 Å². The Morgan fingerprint density at radius 1 is 1.14 bits per heavy atom. The Kier molecular flexibility index (Phi) is 6.25. The molecule has 0 amide bonds. The summed E-state index contributed by atoms with van der Waals surface area (Å²) in [5.41, 5.74) is 1.10. The monoisotopic (exact) mass is 307 g/mol. The van der Waals surface area contributed by atoms with Crippen LogP contribution < -0.4 is 0 Å². The molecule has 1 aliphatic heterocycles. The lowest BCUT2D eigenvalue weighted by Gasteiger charge is -2.27. The molecule has 2 nitrogen and oxygen atoms in total. The molecule has 1 heterocycles. The zero-order valence-corrected chi connectivity index (χ0v) is 13.9. The Bertz CT molecular complexity index is 449. The predicted octanol–water partition coefficient (Wildman–Crippen LogP) is 4.52. The van der Waals surface area contributed by atoms with E-state index >= 15 is 0 Å². The third kappa shape index (κ3) is 4.82. The van der Waals surface area contributed by atoms with Crippen molar-refractivity contribution in [2.45, 2.75) is 45.4 Å². The van der Waals surface area contributed by atoms with Crippen molar-refractivity contribution in [2.24, 2.45) is 5.92 Å². The molecule has 1 aliphatic rings. The summed E-state index contributed by atoms with van der Waals surface area (Å²) < 4.78 is 0. The zero-order chi connectivity index (χ0) is 15.2. The number of ketones is 1. The van der Waals surface area contributed by atoms with E-state index in [9.17, 15) is 4.79 Å². The lowest BCUT2D eigenvalue weighted by molar-refractivity contribution is -0.121. The Morgan fingerprint density at radius 3 is 2.33 bits per heavy atom. The number of nitrogens with zero attached hydrogens (tertiary/aromatic N) is 1. The molecule has 0 aliphatic carbocycles. The molecule has 1 aromatic carbocycles. The number of halogens is 1. The van der Waals surface area contributed by atoms with Crippen LogP contribution in [0.5, 0.6) is 0 Å². The molecule has 0 unspecified atom stereocenters. The highest BCUT2D eigenvalue weighted by molar-refractivity contribution is 6.30. The summed E-state index contributed by atoms with van der Waals surface area (Å²) in [5.74, 6) is 0.671. The second-order valence-corrected chi connectivity index (χ2v) is 6.83. The van der Waals surface area contributed by atoms with E-state index in [1.165, 1.54) is 19.3 Å². The molecule has 0 bridgehead atoms. The molecule has 116 valence electrons. The molecule has 0 aromatic heterocycles. The highest BCUT2D eigenvalue weighted by Crippen LogP contribution is 2.28. The number of hydrogen-bond donors (Lipinski definition) is 0. The summed E-state index contributed by atoms with van der Waals surface area (Å²) in [4.78, 5) is 15.1. The van der Waals surface area contributed by atoms with Gasteiger partial charge in [0.05, 0.1) is 0 Å². The minimum Gasteiger partial charge on any atom is -0.303 e. The summed E-state index contributed by atoms with van der Waals surface area (Å²) >= 11 is 5.95. The second-order valence-electron chi connectivity index (χ2n) is 6.39. The third-order valence-electron chi connectivity index (χ3n) is 4.37. The van der Waals surface area contributed by atoms with Gasteiger partial charge in [-0.25, -0.2) is 0 Å². The van der Waals surface area contributed by atoms with Gasteiger partial charge in [-0.3, -0.25) is 4.79 Å². The smallest absolute Gasteiger partial charge is 0.141 e. The minimum absolute atomic E-state index is 0.00735. The molecular formula is C18H26ClNO. The van der Waals surface area contributed by atoms with Gasteiger partial charge in [-0.1, -0.05) is 44.0 Å². The van der Waals surface area contributed by atoms with Crippen molar-refractivity contribution in [3.63, 3.8) is 0 Å². The first kappa shape index (κ1) is 16.5.